The van der Waals surface area contributed by atoms with Gasteiger partial charge in [-0.05, 0) is 30.3 Å². The molecule has 2 aromatic carbocycles. The molecule has 1 aliphatic rings. The van der Waals surface area contributed by atoms with E-state index in [1.807, 2.05) is 47.4 Å². The normalized spacial score (nSPS) is 13.8. The summed E-state index contributed by atoms with van der Waals surface area (Å²) in [5.41, 5.74) is 3.42. The van der Waals surface area contributed by atoms with Crippen LogP contribution >= 0.6 is 11.5 Å². The van der Waals surface area contributed by atoms with Gasteiger partial charge in [-0.25, -0.2) is 0 Å². The van der Waals surface area contributed by atoms with Crippen LogP contribution in [0.4, 0.5) is 0 Å². The number of fused-ring (bicyclic) bond motifs is 4. The minimum Gasteiger partial charge on any atom is -0.497 e. The lowest BCUT2D eigenvalue weighted by atomic mass is 10.0. The zero-order valence-electron chi connectivity index (χ0n) is 16.1. The fourth-order valence-corrected chi connectivity index (χ4v) is 5.05. The van der Waals surface area contributed by atoms with Crippen LogP contribution in [-0.4, -0.2) is 33.4 Å². The van der Waals surface area contributed by atoms with Crippen LogP contribution in [0, 0.1) is 0 Å². The van der Waals surface area contributed by atoms with Gasteiger partial charge in [0.2, 0.25) is 5.91 Å². The number of aromatic nitrogens is 2. The molecule has 29 heavy (non-hydrogen) atoms. The van der Waals surface area contributed by atoms with Gasteiger partial charge in [0.05, 0.1) is 17.2 Å². The number of carbonyl (C=O) groups is 1. The number of benzene rings is 2. The molecule has 0 spiro atoms. The summed E-state index contributed by atoms with van der Waals surface area (Å²) in [6, 6.07) is 13.6. The Morgan fingerprint density at radius 2 is 2.07 bits per heavy atom. The van der Waals surface area contributed by atoms with Gasteiger partial charge in [0.15, 0.2) is 0 Å². The average Bonchev–Trinajstić information content (AvgIpc) is 3.28. The molecule has 5 rings (SSSR count). The molecule has 0 saturated carbocycles. The van der Waals surface area contributed by atoms with E-state index in [4.69, 9.17) is 4.74 Å². The van der Waals surface area contributed by atoms with Gasteiger partial charge in [-0.3, -0.25) is 13.5 Å². The van der Waals surface area contributed by atoms with Crippen molar-refractivity contribution in [2.45, 2.75) is 25.9 Å². The number of carbonyl (C=O) groups excluding carboxylic acids is 1. The van der Waals surface area contributed by atoms with Crippen LogP contribution in [0.2, 0.25) is 0 Å². The monoisotopic (exact) mass is 407 g/mol. The lowest BCUT2D eigenvalue weighted by Crippen LogP contribution is -2.36. The summed E-state index contributed by atoms with van der Waals surface area (Å²) in [5.74, 6) is 0.893. The van der Waals surface area contributed by atoms with Crippen LogP contribution < -0.4 is 10.3 Å². The van der Waals surface area contributed by atoms with Gasteiger partial charge in [0.25, 0.3) is 5.56 Å². The van der Waals surface area contributed by atoms with Crippen LogP contribution in [-0.2, 0) is 24.3 Å². The second-order valence-electron chi connectivity index (χ2n) is 7.30. The topological polar surface area (TPSA) is 67.3 Å². The predicted octanol–water partition coefficient (Wildman–Crippen LogP) is 3.53. The van der Waals surface area contributed by atoms with Gasteiger partial charge in [-0.15, -0.1) is 0 Å². The SMILES string of the molecule is COc1ccc2[nH]c3c(c2c1)CN(C(=O)CCn1sc2ccccc2c1=O)CC3. The van der Waals surface area contributed by atoms with Crippen LogP contribution in [0.25, 0.3) is 21.0 Å². The molecular weight excluding hydrogens is 386 g/mol. The molecule has 0 saturated heterocycles. The van der Waals surface area contributed by atoms with E-state index >= 15 is 0 Å². The Labute approximate surface area is 171 Å². The first-order valence-electron chi connectivity index (χ1n) is 9.68. The van der Waals surface area contributed by atoms with Gasteiger partial charge in [-0.2, -0.15) is 0 Å². The summed E-state index contributed by atoms with van der Waals surface area (Å²) in [6.07, 6.45) is 1.13. The quantitative estimate of drug-likeness (QED) is 0.563. The molecule has 1 N–H and O–H groups in total. The number of ether oxygens (including phenoxy) is 1. The van der Waals surface area contributed by atoms with Crippen LogP contribution in [0.5, 0.6) is 5.75 Å². The van der Waals surface area contributed by atoms with Crippen LogP contribution in [0.3, 0.4) is 0 Å². The lowest BCUT2D eigenvalue weighted by molar-refractivity contribution is -0.132. The number of aryl methyl sites for hydroxylation is 1. The third-order valence-corrected chi connectivity index (χ3v) is 6.74. The molecule has 1 aliphatic heterocycles. The van der Waals surface area contributed by atoms with Crippen LogP contribution in [0.15, 0.2) is 47.3 Å². The molecule has 0 atom stereocenters. The molecular formula is C22H21N3O3S. The van der Waals surface area contributed by atoms with Crippen molar-refractivity contribution >= 4 is 38.4 Å². The number of methoxy groups -OCH3 is 1. The Hall–Kier alpha value is -3.06. The van der Waals surface area contributed by atoms with E-state index in [2.05, 4.69) is 4.98 Å². The van der Waals surface area contributed by atoms with E-state index in [1.165, 1.54) is 17.2 Å². The van der Waals surface area contributed by atoms with E-state index in [0.29, 0.717) is 26.1 Å². The largest absolute Gasteiger partial charge is 0.497 e. The van der Waals surface area contributed by atoms with Crippen molar-refractivity contribution in [1.29, 1.82) is 0 Å². The highest BCUT2D eigenvalue weighted by Gasteiger charge is 2.24. The van der Waals surface area contributed by atoms with Crippen molar-refractivity contribution in [3.63, 3.8) is 0 Å². The first kappa shape index (κ1) is 18.0. The predicted molar refractivity (Wildman–Crippen MR) is 115 cm³/mol. The highest BCUT2D eigenvalue weighted by atomic mass is 32.1. The van der Waals surface area contributed by atoms with E-state index in [1.54, 1.807) is 11.1 Å². The molecule has 4 aromatic rings. The molecule has 0 fully saturated rings. The smallest absolute Gasteiger partial charge is 0.268 e. The number of H-pyrrole nitrogens is 1. The average molecular weight is 407 g/mol. The highest BCUT2D eigenvalue weighted by molar-refractivity contribution is 7.13. The first-order chi connectivity index (χ1) is 14.1. The molecule has 148 valence electrons. The molecule has 7 heteroatoms. The Morgan fingerprint density at radius 3 is 2.90 bits per heavy atom. The minimum atomic E-state index is -0.0111. The van der Waals surface area contributed by atoms with E-state index in [-0.39, 0.29) is 11.5 Å². The Kier molecular flexibility index (Phi) is 4.39. The maximum Gasteiger partial charge on any atom is 0.268 e. The van der Waals surface area contributed by atoms with Gasteiger partial charge >= 0.3 is 0 Å². The number of aromatic amines is 1. The second-order valence-corrected chi connectivity index (χ2v) is 8.37. The van der Waals surface area contributed by atoms with Gasteiger partial charge in [0, 0.05) is 54.6 Å². The Bertz CT molecular complexity index is 1280. The Balaban J connectivity index is 1.34. The molecule has 0 radical (unpaired) electrons. The van der Waals surface area contributed by atoms with Crippen molar-refractivity contribution < 1.29 is 9.53 Å². The molecule has 0 bridgehead atoms. The fourth-order valence-electron chi connectivity index (χ4n) is 4.05. The summed E-state index contributed by atoms with van der Waals surface area (Å²) in [7, 11) is 1.66. The van der Waals surface area contributed by atoms with Crippen molar-refractivity contribution in [3.05, 3.63) is 64.1 Å². The summed E-state index contributed by atoms with van der Waals surface area (Å²) >= 11 is 1.42. The van der Waals surface area contributed by atoms with Gasteiger partial charge in [-0.1, -0.05) is 23.7 Å². The van der Waals surface area contributed by atoms with Crippen molar-refractivity contribution in [3.8, 4) is 5.75 Å². The first-order valence-corrected chi connectivity index (χ1v) is 10.5. The third kappa shape index (κ3) is 3.11. The second kappa shape index (κ2) is 7.08. The van der Waals surface area contributed by atoms with Gasteiger partial charge < -0.3 is 14.6 Å². The standard InChI is InChI=1S/C22H21N3O3S/c1-28-14-6-7-18-16(12-14)17-13-24(10-8-19(17)23-18)21(26)9-11-25-22(27)15-4-2-3-5-20(15)29-25/h2-7,12,23H,8-11,13H2,1H3. The van der Waals surface area contributed by atoms with E-state index < -0.39 is 0 Å². The molecule has 3 heterocycles. The lowest BCUT2D eigenvalue weighted by Gasteiger charge is -2.27. The number of hydrogen-bond donors (Lipinski definition) is 1. The maximum absolute atomic E-state index is 12.9. The molecule has 0 aliphatic carbocycles. The zero-order valence-corrected chi connectivity index (χ0v) is 16.9. The summed E-state index contributed by atoms with van der Waals surface area (Å²) in [6.45, 7) is 1.70. The number of nitrogens with one attached hydrogen (secondary N) is 1. The van der Waals surface area contributed by atoms with Crippen LogP contribution in [0.1, 0.15) is 17.7 Å². The third-order valence-electron chi connectivity index (χ3n) is 5.62. The van der Waals surface area contributed by atoms with Crippen molar-refractivity contribution in [1.82, 2.24) is 13.8 Å². The molecule has 1 amide bonds. The molecule has 2 aromatic heterocycles. The number of rotatable bonds is 4. The maximum atomic E-state index is 12.9. The zero-order chi connectivity index (χ0) is 20.0. The Morgan fingerprint density at radius 1 is 1.21 bits per heavy atom. The number of amides is 1. The van der Waals surface area contributed by atoms with E-state index in [9.17, 15) is 9.59 Å². The van der Waals surface area contributed by atoms with Crippen molar-refractivity contribution in [2.75, 3.05) is 13.7 Å². The number of nitrogens with zero attached hydrogens (tertiary/aromatic N) is 2. The molecule has 6 nitrogen and oxygen atoms in total. The fraction of sp³-hybridized carbons (Fsp3) is 0.273. The van der Waals surface area contributed by atoms with E-state index in [0.717, 1.165) is 38.7 Å². The highest BCUT2D eigenvalue weighted by Crippen LogP contribution is 2.30. The van der Waals surface area contributed by atoms with Crippen molar-refractivity contribution in [2.24, 2.45) is 0 Å². The summed E-state index contributed by atoms with van der Waals surface area (Å²) in [5, 5.41) is 1.83. The number of hydrogen-bond acceptors (Lipinski definition) is 4. The van der Waals surface area contributed by atoms with Gasteiger partial charge in [0.1, 0.15) is 5.75 Å². The summed E-state index contributed by atoms with van der Waals surface area (Å²) in [4.78, 5) is 30.7. The minimum absolute atomic E-state index is 0.0111. The molecule has 0 unspecified atom stereocenters. The summed E-state index contributed by atoms with van der Waals surface area (Å²) < 4.78 is 8.00.